The Hall–Kier alpha value is -3.14. The molecule has 0 fully saturated rings. The van der Waals surface area contributed by atoms with Gasteiger partial charge in [-0.2, -0.15) is 0 Å². The Kier molecular flexibility index (Phi) is 4.64. The van der Waals surface area contributed by atoms with E-state index in [0.29, 0.717) is 23.0 Å². The third kappa shape index (κ3) is 3.45. The molecule has 26 heavy (non-hydrogen) atoms. The Balaban J connectivity index is 1.51. The third-order valence-electron chi connectivity index (χ3n) is 3.75. The summed E-state index contributed by atoms with van der Waals surface area (Å²) >= 11 is -1.48. The van der Waals surface area contributed by atoms with Gasteiger partial charge in [-0.25, -0.2) is 0 Å². The summed E-state index contributed by atoms with van der Waals surface area (Å²) < 4.78 is 17.5. The van der Waals surface area contributed by atoms with Crippen LogP contribution >= 0.6 is 0 Å². The van der Waals surface area contributed by atoms with Crippen molar-refractivity contribution < 1.29 is 11.5 Å². The van der Waals surface area contributed by atoms with E-state index < -0.39 is 18.1 Å². The van der Waals surface area contributed by atoms with E-state index in [9.17, 15) is 0 Å². The molecule has 4 rings (SSSR count). The van der Waals surface area contributed by atoms with Crippen molar-refractivity contribution >= 4 is 29.2 Å². The summed E-state index contributed by atoms with van der Waals surface area (Å²) in [4.78, 5) is 4.53. The maximum atomic E-state index is 8.82. The Morgan fingerprint density at radius 3 is 2.46 bits per heavy atom. The van der Waals surface area contributed by atoms with Gasteiger partial charge in [-0.1, -0.05) is 0 Å². The molecular weight excluding hydrogens is 386 g/mol. The van der Waals surface area contributed by atoms with Crippen LogP contribution in [0.5, 0.6) is 11.5 Å². The molecule has 3 aromatic carbocycles. The summed E-state index contributed by atoms with van der Waals surface area (Å²) in [6.45, 7) is 0. The molecule has 0 saturated heterocycles. The fourth-order valence-electron chi connectivity index (χ4n) is 2.47. The first-order valence-electron chi connectivity index (χ1n) is 7.93. The number of rotatable bonds is 5. The minimum absolute atomic E-state index is 0.525. The summed E-state index contributed by atoms with van der Waals surface area (Å²) in [5.74, 6) is 1.91. The van der Waals surface area contributed by atoms with Gasteiger partial charge in [0, 0.05) is 0 Å². The zero-order valence-electron chi connectivity index (χ0n) is 13.6. The normalized spacial score (nSPS) is 10.3. The van der Waals surface area contributed by atoms with Gasteiger partial charge in [-0.15, -0.1) is 0 Å². The van der Waals surface area contributed by atoms with Gasteiger partial charge in [-0.3, -0.25) is 0 Å². The van der Waals surface area contributed by atoms with Crippen molar-refractivity contribution in [2.24, 2.45) is 0 Å². The van der Waals surface area contributed by atoms with Crippen LogP contribution in [0, 0.1) is 11.3 Å². The van der Waals surface area contributed by atoms with E-state index in [4.69, 9.17) is 16.7 Å². The van der Waals surface area contributed by atoms with Gasteiger partial charge in [0.1, 0.15) is 0 Å². The number of nitrogens with zero attached hydrogens (tertiary/aromatic N) is 2. The fourth-order valence-corrected chi connectivity index (χ4v) is 3.79. The van der Waals surface area contributed by atoms with Crippen LogP contribution in [0.15, 0.2) is 77.2 Å². The van der Waals surface area contributed by atoms with Gasteiger partial charge in [0.05, 0.1) is 0 Å². The van der Waals surface area contributed by atoms with Gasteiger partial charge < -0.3 is 0 Å². The van der Waals surface area contributed by atoms with Crippen LogP contribution in [-0.2, 0) is 0 Å². The second kappa shape index (κ2) is 7.39. The summed E-state index contributed by atoms with van der Waals surface area (Å²) in [6, 6.07) is 24.3. The summed E-state index contributed by atoms with van der Waals surface area (Å²) in [5, 5.41) is 8.82. The Morgan fingerprint density at radius 1 is 0.885 bits per heavy atom. The van der Waals surface area contributed by atoms with Crippen molar-refractivity contribution in [2.45, 2.75) is 0 Å². The number of oxazole rings is 1. The van der Waals surface area contributed by atoms with Crippen LogP contribution in [-0.4, -0.2) is 23.1 Å². The van der Waals surface area contributed by atoms with E-state index in [1.807, 2.05) is 48.5 Å². The molecule has 1 radical (unpaired) electrons. The van der Waals surface area contributed by atoms with Crippen molar-refractivity contribution in [3.63, 3.8) is 0 Å². The molecule has 6 heteroatoms. The van der Waals surface area contributed by atoms with Crippen LogP contribution in [0.25, 0.3) is 22.6 Å². The quantitative estimate of drug-likeness (QED) is 0.468. The van der Waals surface area contributed by atoms with Gasteiger partial charge in [-0.05, 0) is 0 Å². The number of fused-ring (bicyclic) bond motifs is 1. The molecule has 0 aliphatic rings. The Morgan fingerprint density at radius 2 is 1.65 bits per heavy atom. The molecule has 0 aliphatic carbocycles. The van der Waals surface area contributed by atoms with E-state index in [1.54, 1.807) is 24.3 Å². The first-order chi connectivity index (χ1) is 12.8. The van der Waals surface area contributed by atoms with E-state index in [1.165, 1.54) is 0 Å². The van der Waals surface area contributed by atoms with Crippen molar-refractivity contribution in [1.82, 2.24) is 4.98 Å². The number of nitriles is 1. The predicted molar refractivity (Wildman–Crippen MR) is 97.6 cm³/mol. The van der Waals surface area contributed by atoms with Crippen LogP contribution in [0.1, 0.15) is 5.56 Å². The summed E-state index contributed by atoms with van der Waals surface area (Å²) in [6.07, 6.45) is 0. The molecule has 0 unspecified atom stereocenters. The molecule has 0 bridgehead atoms. The second-order valence-electron chi connectivity index (χ2n) is 5.45. The average Bonchev–Trinajstić information content (AvgIpc) is 3.13. The number of aromatic nitrogens is 1. The molecule has 5 nitrogen and oxygen atoms in total. The number of hydrogen-bond donors (Lipinski definition) is 0. The standard InChI is InChI=1S/C13H9NO2.C7H5NO.Ga/c15-11-7-3-1-5-9(11)13-14-10-6-2-4-8-12(10)16-13;8-5-6-1-3-7(9)4-2-6;/h1-8,15H;1-4,9H;/q;;+2/p-2. The van der Waals surface area contributed by atoms with Gasteiger partial charge in [0.2, 0.25) is 0 Å². The first kappa shape index (κ1) is 16.3. The van der Waals surface area contributed by atoms with Crippen molar-refractivity contribution in [3.8, 4) is 29.0 Å². The van der Waals surface area contributed by atoms with Crippen LogP contribution < -0.4 is 7.06 Å². The Labute approximate surface area is 158 Å². The predicted octanol–water partition coefficient (Wildman–Crippen LogP) is 4.36. The van der Waals surface area contributed by atoms with Gasteiger partial charge >= 0.3 is 158 Å². The molecule has 123 valence electrons. The number of benzene rings is 3. The molecule has 1 heterocycles. The molecule has 0 saturated carbocycles. The molecule has 0 aliphatic heterocycles. The Bertz CT molecular complexity index is 1050. The van der Waals surface area contributed by atoms with Crippen LogP contribution in [0.4, 0.5) is 0 Å². The van der Waals surface area contributed by atoms with E-state index in [-0.39, 0.29) is 0 Å². The molecule has 0 spiro atoms. The third-order valence-corrected chi connectivity index (χ3v) is 5.26. The van der Waals surface area contributed by atoms with Crippen LogP contribution in [0.3, 0.4) is 0 Å². The molecule has 0 amide bonds. The number of para-hydroxylation sites is 3. The number of hydrogen-bond acceptors (Lipinski definition) is 5. The second-order valence-corrected chi connectivity index (χ2v) is 6.84. The van der Waals surface area contributed by atoms with Crippen LogP contribution in [0.2, 0.25) is 0 Å². The molecule has 0 N–H and O–H groups in total. The van der Waals surface area contributed by atoms with Gasteiger partial charge in [0.15, 0.2) is 0 Å². The molecular formula is C20H12GaN2O3. The zero-order valence-corrected chi connectivity index (χ0v) is 16.0. The fraction of sp³-hybridized carbons (Fsp3) is 0. The average molecular weight is 398 g/mol. The summed E-state index contributed by atoms with van der Waals surface area (Å²) in [5.41, 5.74) is 2.95. The van der Waals surface area contributed by atoms with E-state index >= 15 is 0 Å². The first-order valence-corrected chi connectivity index (χ1v) is 9.91. The topological polar surface area (TPSA) is 68.3 Å². The van der Waals surface area contributed by atoms with Crippen molar-refractivity contribution in [2.75, 3.05) is 0 Å². The SMILES string of the molecule is N#Cc1ccc([O][Ga][O]c2ccccc2-c2nc3ccccc3o2)cc1. The zero-order chi connectivity index (χ0) is 17.8. The van der Waals surface area contributed by atoms with Crippen molar-refractivity contribution in [3.05, 3.63) is 78.4 Å². The molecule has 4 aromatic rings. The molecule has 1 aromatic heterocycles. The van der Waals surface area contributed by atoms with Crippen molar-refractivity contribution in [1.29, 1.82) is 5.26 Å². The van der Waals surface area contributed by atoms with E-state index in [2.05, 4.69) is 11.1 Å². The maximum absolute atomic E-state index is 8.82. The summed E-state index contributed by atoms with van der Waals surface area (Å²) in [7, 11) is 0. The molecule has 0 atom stereocenters. The minimum atomic E-state index is -1.48. The monoisotopic (exact) mass is 397 g/mol. The van der Waals surface area contributed by atoms with E-state index in [0.717, 1.165) is 16.7 Å². The van der Waals surface area contributed by atoms with Gasteiger partial charge in [0.25, 0.3) is 0 Å².